The predicted octanol–water partition coefficient (Wildman–Crippen LogP) is 5.57. The third-order valence-corrected chi connectivity index (χ3v) is 7.57. The number of carbonyl (C=O) groups is 1. The fourth-order valence-electron chi connectivity index (χ4n) is 1.90. The summed E-state index contributed by atoms with van der Waals surface area (Å²) in [6.07, 6.45) is -1.94. The molecule has 0 aliphatic rings. The third kappa shape index (κ3) is 8.24. The molecule has 0 radical (unpaired) electrons. The maximum atomic E-state index is 12.9. The second-order valence-corrected chi connectivity index (χ2v) is 11.1. The van der Waals surface area contributed by atoms with E-state index < -0.39 is 44.9 Å². The number of benzene rings is 1. The Kier molecular flexibility index (Phi) is 9.32. The molecule has 0 aliphatic heterocycles. The topological polar surface area (TPSA) is 100 Å². The van der Waals surface area contributed by atoms with Gasteiger partial charge in [0.15, 0.2) is 0 Å². The lowest BCUT2D eigenvalue weighted by atomic mass is 10.3. The Morgan fingerprint density at radius 3 is 2.00 bits per heavy atom. The van der Waals surface area contributed by atoms with Crippen molar-refractivity contribution in [2.45, 2.75) is 52.7 Å². The van der Waals surface area contributed by atoms with E-state index in [0.717, 1.165) is 0 Å². The highest BCUT2D eigenvalue weighted by Gasteiger charge is 2.39. The van der Waals surface area contributed by atoms with Crippen LogP contribution in [0.5, 0.6) is 5.75 Å². The number of carbonyl (C=O) groups excluding carboxylic acids is 1. The van der Waals surface area contributed by atoms with Crippen molar-refractivity contribution in [3.05, 3.63) is 30.3 Å². The second-order valence-electron chi connectivity index (χ2n) is 6.16. The first-order valence-corrected chi connectivity index (χ1v) is 12.3. The van der Waals surface area contributed by atoms with Gasteiger partial charge in [0.2, 0.25) is 5.85 Å². The van der Waals surface area contributed by atoms with Gasteiger partial charge < -0.3 is 18.3 Å². The van der Waals surface area contributed by atoms with Crippen LogP contribution in [0.3, 0.4) is 0 Å². The lowest BCUT2D eigenvalue weighted by Gasteiger charge is -2.27. The largest absolute Gasteiger partial charge is 0.433 e. The monoisotopic (exact) mass is 441 g/mol. The molecule has 0 bridgehead atoms. The number of hydrogen-bond donors (Lipinski definition) is 1. The van der Waals surface area contributed by atoms with Gasteiger partial charge in [0.25, 0.3) is 0 Å². The summed E-state index contributed by atoms with van der Waals surface area (Å²) >= 11 is 5.70. The Labute approximate surface area is 164 Å². The molecule has 1 N–H and O–H groups in total. The summed E-state index contributed by atoms with van der Waals surface area (Å²) in [6.45, 7) is 8.09. The zero-order valence-corrected chi connectivity index (χ0v) is 18.5. The summed E-state index contributed by atoms with van der Waals surface area (Å²) in [5.74, 6) is -0.963. The minimum absolute atomic E-state index is 0.270. The van der Waals surface area contributed by atoms with E-state index in [1.807, 2.05) is 0 Å². The predicted molar refractivity (Wildman–Crippen MR) is 105 cm³/mol. The van der Waals surface area contributed by atoms with E-state index >= 15 is 0 Å². The van der Waals surface area contributed by atoms with Crippen molar-refractivity contribution in [2.75, 3.05) is 5.62 Å². The van der Waals surface area contributed by atoms with Crippen LogP contribution >= 0.6 is 26.7 Å². The van der Waals surface area contributed by atoms with Crippen LogP contribution in [0.25, 0.3) is 0 Å². The Morgan fingerprint density at radius 2 is 1.56 bits per heavy atom. The van der Waals surface area contributed by atoms with E-state index in [1.165, 1.54) is 6.92 Å². The molecule has 0 fully saturated rings. The van der Waals surface area contributed by atoms with Crippen molar-refractivity contribution >= 4 is 32.8 Å². The summed E-state index contributed by atoms with van der Waals surface area (Å²) in [7, 11) is -7.54. The zero-order valence-electron chi connectivity index (χ0n) is 16.0. The molecule has 2 unspecified atom stereocenters. The first-order chi connectivity index (χ1) is 12.5. The minimum Gasteiger partial charge on any atom is -0.433 e. The highest BCUT2D eigenvalue weighted by atomic mass is 35.5. The number of halogens is 1. The van der Waals surface area contributed by atoms with E-state index in [1.54, 1.807) is 58.0 Å². The van der Waals surface area contributed by atoms with Crippen molar-refractivity contribution in [1.82, 2.24) is 5.09 Å². The van der Waals surface area contributed by atoms with Crippen LogP contribution in [0.15, 0.2) is 30.3 Å². The molecular formula is C16H26ClNO7P2. The van der Waals surface area contributed by atoms with Gasteiger partial charge in [-0.25, -0.2) is 9.88 Å². The Bertz CT molecular complexity index is 685. The summed E-state index contributed by atoms with van der Waals surface area (Å²) in [6, 6.07) is 8.24. The molecule has 0 aliphatic carbocycles. The van der Waals surface area contributed by atoms with Crippen LogP contribution in [-0.2, 0) is 22.9 Å². The van der Waals surface area contributed by atoms with Gasteiger partial charge in [-0.3, -0.25) is 9.13 Å². The number of nitrogens with one attached hydrogen (secondary N) is 1. The smallest absolute Gasteiger partial charge is 0.416 e. The van der Waals surface area contributed by atoms with Gasteiger partial charge in [-0.1, -0.05) is 18.2 Å². The second kappa shape index (κ2) is 10.5. The Morgan fingerprint density at radius 1 is 1.04 bits per heavy atom. The van der Waals surface area contributed by atoms with Gasteiger partial charge in [0.05, 0.1) is 12.2 Å². The van der Waals surface area contributed by atoms with Crippen LogP contribution in [0.1, 0.15) is 34.6 Å². The summed E-state index contributed by atoms with van der Waals surface area (Å²) in [4.78, 5) is 12.2. The molecule has 2 atom stereocenters. The zero-order chi connectivity index (χ0) is 20.7. The standard InChI is InChI=1S/C16H26ClNO7P2/c1-12(2)23-27(21,24-13(3)4)14(5)22-16(19)18-26(20,11-17)25-15-9-7-6-8-10-15/h6-10,12-14H,11H2,1-5H3,(H,18,19,20). The van der Waals surface area contributed by atoms with Crippen LogP contribution in [0, 0.1) is 0 Å². The summed E-state index contributed by atoms with van der Waals surface area (Å²) < 4.78 is 46.7. The van der Waals surface area contributed by atoms with E-state index in [9.17, 15) is 13.9 Å². The normalized spacial score (nSPS) is 15.3. The fourth-order valence-corrected chi connectivity index (χ4v) is 4.96. The van der Waals surface area contributed by atoms with Crippen molar-refractivity contribution in [1.29, 1.82) is 0 Å². The number of alkyl halides is 1. The molecule has 8 nitrogen and oxygen atoms in total. The van der Waals surface area contributed by atoms with E-state index in [4.69, 9.17) is 29.9 Å². The van der Waals surface area contributed by atoms with Gasteiger partial charge in [0, 0.05) is 0 Å². The highest BCUT2D eigenvalue weighted by molar-refractivity contribution is 7.59. The molecule has 154 valence electrons. The average molecular weight is 442 g/mol. The number of rotatable bonds is 10. The molecule has 1 amide bonds. The average Bonchev–Trinajstić information content (AvgIpc) is 2.53. The summed E-state index contributed by atoms with van der Waals surface area (Å²) in [5.41, 5.74) is -0.478. The van der Waals surface area contributed by atoms with E-state index in [2.05, 4.69) is 5.09 Å². The molecular weight excluding hydrogens is 416 g/mol. The molecule has 11 heteroatoms. The quantitative estimate of drug-likeness (QED) is 0.374. The first-order valence-electron chi connectivity index (χ1n) is 8.35. The Balaban J connectivity index is 2.82. The fraction of sp³-hybridized carbons (Fsp3) is 0.562. The molecule has 0 saturated carbocycles. The number of para-hydroxylation sites is 1. The highest BCUT2D eigenvalue weighted by Crippen LogP contribution is 2.55. The molecule has 0 spiro atoms. The summed E-state index contributed by atoms with van der Waals surface area (Å²) in [5, 5.41) is 2.11. The number of amides is 1. The Hall–Kier alpha value is -1.04. The lowest BCUT2D eigenvalue weighted by Crippen LogP contribution is -2.29. The van der Waals surface area contributed by atoms with Crippen LogP contribution in [-0.4, -0.2) is 29.8 Å². The van der Waals surface area contributed by atoms with Crippen molar-refractivity contribution < 1.29 is 32.2 Å². The van der Waals surface area contributed by atoms with Gasteiger partial charge in [-0.15, -0.1) is 11.6 Å². The van der Waals surface area contributed by atoms with Crippen LogP contribution < -0.4 is 9.61 Å². The minimum atomic E-state index is -3.77. The number of hydrogen-bond acceptors (Lipinski definition) is 7. The van der Waals surface area contributed by atoms with Gasteiger partial charge in [0.1, 0.15) is 11.4 Å². The van der Waals surface area contributed by atoms with E-state index in [0.29, 0.717) is 0 Å². The molecule has 0 heterocycles. The molecule has 0 aromatic heterocycles. The molecule has 0 saturated heterocycles. The number of ether oxygens (including phenoxy) is 1. The van der Waals surface area contributed by atoms with Gasteiger partial charge in [-0.2, -0.15) is 0 Å². The molecule has 1 aromatic rings. The maximum absolute atomic E-state index is 12.9. The van der Waals surface area contributed by atoms with Crippen LogP contribution in [0.4, 0.5) is 4.79 Å². The molecule has 1 aromatic carbocycles. The van der Waals surface area contributed by atoms with Gasteiger partial charge in [-0.05, 0) is 46.8 Å². The molecule has 1 rings (SSSR count). The van der Waals surface area contributed by atoms with Crippen LogP contribution in [0.2, 0.25) is 0 Å². The van der Waals surface area contributed by atoms with Gasteiger partial charge >= 0.3 is 21.2 Å². The first kappa shape index (κ1) is 24.0. The third-order valence-electron chi connectivity index (χ3n) is 2.85. The maximum Gasteiger partial charge on any atom is 0.416 e. The lowest BCUT2D eigenvalue weighted by molar-refractivity contribution is 0.0870. The van der Waals surface area contributed by atoms with E-state index in [-0.39, 0.29) is 5.75 Å². The van der Waals surface area contributed by atoms with Crippen molar-refractivity contribution in [2.24, 2.45) is 0 Å². The molecule has 27 heavy (non-hydrogen) atoms. The van der Waals surface area contributed by atoms with Crippen molar-refractivity contribution in [3.63, 3.8) is 0 Å². The SMILES string of the molecule is CC(C)OP(=O)(OC(C)C)C(C)OC(=O)NP(=O)(CCl)Oc1ccccc1. The van der Waals surface area contributed by atoms with Crippen molar-refractivity contribution in [3.8, 4) is 5.75 Å².